The van der Waals surface area contributed by atoms with Gasteiger partial charge in [0.1, 0.15) is 5.75 Å². The number of hydrogen-bond donors (Lipinski definition) is 1. The minimum atomic E-state index is 0.0443. The van der Waals surface area contributed by atoms with E-state index in [9.17, 15) is 9.90 Å². The van der Waals surface area contributed by atoms with Gasteiger partial charge in [-0.25, -0.2) is 0 Å². The van der Waals surface area contributed by atoms with Crippen molar-refractivity contribution in [2.45, 2.75) is 38.2 Å². The summed E-state index contributed by atoms with van der Waals surface area (Å²) < 4.78 is 5.96. The fraction of sp³-hybridized carbons (Fsp3) is 0.588. The maximum Gasteiger partial charge on any atom is 0.253 e. The number of rotatable bonds is 4. The highest BCUT2D eigenvalue weighted by Crippen LogP contribution is 2.25. The van der Waals surface area contributed by atoms with E-state index >= 15 is 0 Å². The number of hydrogen-bond acceptors (Lipinski definition) is 3. The molecule has 1 atom stereocenters. The number of aliphatic hydroxyl groups excluding tert-OH is 1. The van der Waals surface area contributed by atoms with Gasteiger partial charge in [0, 0.05) is 31.2 Å². The predicted molar refractivity (Wildman–Crippen MR) is 80.4 cm³/mol. The summed E-state index contributed by atoms with van der Waals surface area (Å²) in [5.74, 6) is 1.07. The lowest BCUT2D eigenvalue weighted by molar-refractivity contribution is 0.0781. The fourth-order valence-corrected chi connectivity index (χ4v) is 3.25. The normalized spacial score (nSPS) is 22.7. The van der Waals surface area contributed by atoms with Gasteiger partial charge in [-0.15, -0.1) is 0 Å². The average molecular weight is 289 g/mol. The zero-order valence-electron chi connectivity index (χ0n) is 12.3. The van der Waals surface area contributed by atoms with E-state index in [2.05, 4.69) is 0 Å². The molecule has 0 radical (unpaired) electrons. The molecule has 0 bridgehead atoms. The minimum absolute atomic E-state index is 0.0443. The number of ether oxygens (including phenoxy) is 1. The van der Waals surface area contributed by atoms with Crippen molar-refractivity contribution < 1.29 is 14.6 Å². The van der Waals surface area contributed by atoms with Gasteiger partial charge in [-0.3, -0.25) is 4.79 Å². The third kappa shape index (κ3) is 3.38. The van der Waals surface area contributed by atoms with Gasteiger partial charge in [-0.05, 0) is 50.3 Å². The zero-order chi connectivity index (χ0) is 14.7. The highest BCUT2D eigenvalue weighted by Gasteiger charge is 2.26. The Hall–Kier alpha value is -1.55. The first-order chi connectivity index (χ1) is 10.3. The fourth-order valence-electron chi connectivity index (χ4n) is 3.25. The summed E-state index contributed by atoms with van der Waals surface area (Å²) in [6.07, 6.45) is 5.89. The Labute approximate surface area is 125 Å². The van der Waals surface area contributed by atoms with Gasteiger partial charge in [0.15, 0.2) is 0 Å². The summed E-state index contributed by atoms with van der Waals surface area (Å²) in [6.45, 7) is 1.55. The standard InChI is InChI=1S/C17H23NO3/c19-12-13-8-9-18(11-13)17(20)14-4-3-7-16(10-14)21-15-5-1-2-6-15/h3-4,7,10,13,15,19H,1-2,5-6,8-9,11-12H2. The first-order valence-electron chi connectivity index (χ1n) is 7.93. The Balaban J connectivity index is 1.66. The highest BCUT2D eigenvalue weighted by atomic mass is 16.5. The van der Waals surface area contributed by atoms with Crippen LogP contribution >= 0.6 is 0 Å². The topological polar surface area (TPSA) is 49.8 Å². The van der Waals surface area contributed by atoms with Crippen LogP contribution in [0.2, 0.25) is 0 Å². The smallest absolute Gasteiger partial charge is 0.253 e. The van der Waals surface area contributed by atoms with Crippen molar-refractivity contribution in [2.75, 3.05) is 19.7 Å². The molecule has 0 spiro atoms. The van der Waals surface area contributed by atoms with Crippen LogP contribution in [-0.4, -0.2) is 41.7 Å². The SMILES string of the molecule is O=C(c1cccc(OC2CCCC2)c1)N1CCC(CO)C1. The van der Waals surface area contributed by atoms with Crippen molar-refractivity contribution in [1.29, 1.82) is 0 Å². The van der Waals surface area contributed by atoms with Crippen molar-refractivity contribution in [3.05, 3.63) is 29.8 Å². The van der Waals surface area contributed by atoms with Crippen molar-refractivity contribution in [1.82, 2.24) is 4.90 Å². The lowest BCUT2D eigenvalue weighted by atomic mass is 10.1. The van der Waals surface area contributed by atoms with Gasteiger partial charge in [0.05, 0.1) is 6.10 Å². The number of carbonyl (C=O) groups excluding carboxylic acids is 1. The van der Waals surface area contributed by atoms with Crippen LogP contribution in [-0.2, 0) is 0 Å². The number of aliphatic hydroxyl groups is 1. The van der Waals surface area contributed by atoms with Crippen LogP contribution in [0.15, 0.2) is 24.3 Å². The average Bonchev–Trinajstić information content (AvgIpc) is 3.17. The molecule has 1 aliphatic carbocycles. The number of amides is 1. The predicted octanol–water partition coefficient (Wildman–Crippen LogP) is 2.46. The van der Waals surface area contributed by atoms with E-state index in [0.717, 1.165) is 31.6 Å². The molecule has 1 unspecified atom stereocenters. The Morgan fingerprint density at radius 3 is 2.81 bits per heavy atom. The van der Waals surface area contributed by atoms with Gasteiger partial charge >= 0.3 is 0 Å². The Kier molecular flexibility index (Phi) is 4.44. The Morgan fingerprint density at radius 2 is 2.10 bits per heavy atom. The van der Waals surface area contributed by atoms with E-state index in [-0.39, 0.29) is 18.4 Å². The van der Waals surface area contributed by atoms with E-state index in [1.165, 1.54) is 12.8 Å². The largest absolute Gasteiger partial charge is 0.490 e. The second-order valence-corrected chi connectivity index (χ2v) is 6.14. The van der Waals surface area contributed by atoms with Gasteiger partial charge in [-0.1, -0.05) is 6.07 Å². The van der Waals surface area contributed by atoms with E-state index in [0.29, 0.717) is 18.2 Å². The van der Waals surface area contributed by atoms with Crippen molar-refractivity contribution >= 4 is 5.91 Å². The van der Waals surface area contributed by atoms with E-state index in [4.69, 9.17) is 4.74 Å². The minimum Gasteiger partial charge on any atom is -0.490 e. The monoisotopic (exact) mass is 289 g/mol. The quantitative estimate of drug-likeness (QED) is 0.926. The summed E-state index contributed by atoms with van der Waals surface area (Å²) in [4.78, 5) is 14.3. The molecule has 1 N–H and O–H groups in total. The molecular formula is C17H23NO3. The van der Waals surface area contributed by atoms with E-state index < -0.39 is 0 Å². The van der Waals surface area contributed by atoms with Crippen LogP contribution in [0.3, 0.4) is 0 Å². The van der Waals surface area contributed by atoms with Crippen molar-refractivity contribution in [2.24, 2.45) is 5.92 Å². The van der Waals surface area contributed by atoms with Gasteiger partial charge in [-0.2, -0.15) is 0 Å². The summed E-state index contributed by atoms with van der Waals surface area (Å²) in [6, 6.07) is 7.51. The molecule has 3 rings (SSSR count). The molecule has 2 fully saturated rings. The van der Waals surface area contributed by atoms with Crippen LogP contribution in [0.5, 0.6) is 5.75 Å². The van der Waals surface area contributed by atoms with Crippen LogP contribution in [0.4, 0.5) is 0 Å². The molecular weight excluding hydrogens is 266 g/mol. The zero-order valence-corrected chi connectivity index (χ0v) is 12.3. The second kappa shape index (κ2) is 6.48. The summed E-state index contributed by atoms with van der Waals surface area (Å²) in [7, 11) is 0. The summed E-state index contributed by atoms with van der Waals surface area (Å²) in [5.41, 5.74) is 0.684. The molecule has 1 aromatic carbocycles. The number of likely N-dealkylation sites (tertiary alicyclic amines) is 1. The third-order valence-electron chi connectivity index (χ3n) is 4.52. The van der Waals surface area contributed by atoms with Gasteiger partial charge < -0.3 is 14.7 Å². The van der Waals surface area contributed by atoms with E-state index in [1.54, 1.807) is 0 Å². The molecule has 4 nitrogen and oxygen atoms in total. The molecule has 1 saturated heterocycles. The molecule has 1 saturated carbocycles. The molecule has 114 valence electrons. The third-order valence-corrected chi connectivity index (χ3v) is 4.52. The highest BCUT2D eigenvalue weighted by molar-refractivity contribution is 5.94. The first kappa shape index (κ1) is 14.4. The molecule has 1 aromatic rings. The lowest BCUT2D eigenvalue weighted by Gasteiger charge is -2.18. The second-order valence-electron chi connectivity index (χ2n) is 6.14. The summed E-state index contributed by atoms with van der Waals surface area (Å²) >= 11 is 0. The number of nitrogens with zero attached hydrogens (tertiary/aromatic N) is 1. The van der Waals surface area contributed by atoms with Crippen LogP contribution in [0.1, 0.15) is 42.5 Å². The molecule has 1 aliphatic heterocycles. The van der Waals surface area contributed by atoms with E-state index in [1.807, 2.05) is 29.2 Å². The Bertz CT molecular complexity index is 497. The van der Waals surface area contributed by atoms with Crippen LogP contribution in [0, 0.1) is 5.92 Å². The molecule has 0 aromatic heterocycles. The number of benzene rings is 1. The van der Waals surface area contributed by atoms with Crippen LogP contribution < -0.4 is 4.74 Å². The molecule has 1 amide bonds. The Morgan fingerprint density at radius 1 is 1.29 bits per heavy atom. The van der Waals surface area contributed by atoms with Crippen molar-refractivity contribution in [3.63, 3.8) is 0 Å². The summed E-state index contributed by atoms with van der Waals surface area (Å²) in [5, 5.41) is 9.18. The molecule has 4 heteroatoms. The lowest BCUT2D eigenvalue weighted by Crippen LogP contribution is -2.29. The number of carbonyl (C=O) groups is 1. The first-order valence-corrected chi connectivity index (χ1v) is 7.93. The maximum absolute atomic E-state index is 12.5. The maximum atomic E-state index is 12.5. The molecule has 2 aliphatic rings. The van der Waals surface area contributed by atoms with Gasteiger partial charge in [0.25, 0.3) is 5.91 Å². The molecule has 21 heavy (non-hydrogen) atoms. The van der Waals surface area contributed by atoms with Crippen molar-refractivity contribution in [3.8, 4) is 5.75 Å². The van der Waals surface area contributed by atoms with Crippen LogP contribution in [0.25, 0.3) is 0 Å². The molecule has 1 heterocycles. The van der Waals surface area contributed by atoms with Gasteiger partial charge in [0.2, 0.25) is 0 Å².